The molecule has 0 N–H and O–H groups in total. The highest BCUT2D eigenvalue weighted by atomic mass is 19.4. The van der Waals surface area contributed by atoms with Crippen LogP contribution in [0, 0.1) is 0 Å². The number of methoxy groups -OCH3 is 1. The van der Waals surface area contributed by atoms with E-state index in [1.54, 1.807) is 0 Å². The van der Waals surface area contributed by atoms with Gasteiger partial charge in [-0.05, 0) is 30.3 Å². The van der Waals surface area contributed by atoms with Gasteiger partial charge in [-0.3, -0.25) is 9.69 Å². The number of nitrogens with zero attached hydrogens (tertiary/aromatic N) is 3. The van der Waals surface area contributed by atoms with Crippen molar-refractivity contribution in [3.05, 3.63) is 59.2 Å². The minimum Gasteiger partial charge on any atom is -0.481 e. The van der Waals surface area contributed by atoms with Crippen molar-refractivity contribution in [2.75, 3.05) is 18.6 Å². The molecule has 0 atom stereocenters. The molecular formula is C24H22F3N3O6. The number of alkyl halides is 3. The Bertz CT molecular complexity index is 1310. The number of ether oxygens (including phenoxy) is 3. The van der Waals surface area contributed by atoms with Crippen molar-refractivity contribution in [1.82, 2.24) is 10.1 Å². The molecule has 1 aliphatic heterocycles. The molecule has 1 amide bonds. The summed E-state index contributed by atoms with van der Waals surface area (Å²) in [6, 6.07) is 7.23. The predicted octanol–water partition coefficient (Wildman–Crippen LogP) is 4.89. The minimum absolute atomic E-state index is 0.000224. The molecule has 1 aliphatic rings. The fourth-order valence-electron chi connectivity index (χ4n) is 3.40. The van der Waals surface area contributed by atoms with Crippen LogP contribution in [0.3, 0.4) is 0 Å². The highest BCUT2D eigenvalue weighted by Crippen LogP contribution is 2.44. The van der Waals surface area contributed by atoms with E-state index in [4.69, 9.17) is 14.0 Å². The Labute approximate surface area is 203 Å². The quantitative estimate of drug-likeness (QED) is 0.452. The van der Waals surface area contributed by atoms with Gasteiger partial charge in [0.25, 0.3) is 5.91 Å². The summed E-state index contributed by atoms with van der Waals surface area (Å²) in [5.41, 5.74) is -1.70. The average molecular weight is 505 g/mol. The van der Waals surface area contributed by atoms with E-state index in [9.17, 15) is 22.8 Å². The number of carbonyl (C=O) groups excluding carboxylic acids is 2. The van der Waals surface area contributed by atoms with Gasteiger partial charge in [-0.2, -0.15) is 18.2 Å². The van der Waals surface area contributed by atoms with Gasteiger partial charge in [0, 0.05) is 5.41 Å². The van der Waals surface area contributed by atoms with Crippen molar-refractivity contribution >= 4 is 17.6 Å². The first-order valence-electron chi connectivity index (χ1n) is 10.7. The molecule has 0 saturated carbocycles. The molecule has 0 unspecified atom stereocenters. The number of fused-ring (bicyclic) bond motifs is 2. The summed E-state index contributed by atoms with van der Waals surface area (Å²) in [4.78, 5) is 30.7. The SMILES string of the molecule is COC(=O)COc1cccc2c1C(=O)N(Cc1noc(C(C)(C)C)n1)c1cc(C(F)(F)F)ccc1O2. The average Bonchev–Trinajstić information content (AvgIpc) is 3.25. The molecule has 36 heavy (non-hydrogen) atoms. The zero-order valence-electron chi connectivity index (χ0n) is 19.8. The van der Waals surface area contributed by atoms with Gasteiger partial charge < -0.3 is 18.7 Å². The topological polar surface area (TPSA) is 104 Å². The van der Waals surface area contributed by atoms with Crippen LogP contribution in [0.2, 0.25) is 0 Å². The summed E-state index contributed by atoms with van der Waals surface area (Å²) in [5, 5.41) is 3.90. The van der Waals surface area contributed by atoms with Crippen LogP contribution in [-0.4, -0.2) is 35.7 Å². The summed E-state index contributed by atoms with van der Waals surface area (Å²) < 4.78 is 61.8. The van der Waals surface area contributed by atoms with Crippen LogP contribution in [0.15, 0.2) is 40.9 Å². The molecule has 2 heterocycles. The number of carbonyl (C=O) groups is 2. The fourth-order valence-corrected chi connectivity index (χ4v) is 3.40. The van der Waals surface area contributed by atoms with Gasteiger partial charge in [0.05, 0.1) is 24.9 Å². The lowest BCUT2D eigenvalue weighted by Gasteiger charge is -2.22. The predicted molar refractivity (Wildman–Crippen MR) is 119 cm³/mol. The van der Waals surface area contributed by atoms with Crippen molar-refractivity contribution in [3.8, 4) is 17.2 Å². The maximum absolute atomic E-state index is 13.8. The van der Waals surface area contributed by atoms with Gasteiger partial charge in [0.15, 0.2) is 18.2 Å². The highest BCUT2D eigenvalue weighted by molar-refractivity contribution is 6.11. The molecular weight excluding hydrogens is 483 g/mol. The number of rotatable bonds is 5. The summed E-state index contributed by atoms with van der Waals surface area (Å²) in [6.07, 6.45) is -4.66. The molecule has 190 valence electrons. The maximum Gasteiger partial charge on any atom is 0.416 e. The number of amides is 1. The second-order valence-corrected chi connectivity index (χ2v) is 8.93. The second-order valence-electron chi connectivity index (χ2n) is 8.93. The van der Waals surface area contributed by atoms with Crippen molar-refractivity contribution in [1.29, 1.82) is 0 Å². The van der Waals surface area contributed by atoms with Gasteiger partial charge in [0.1, 0.15) is 17.1 Å². The molecule has 12 heteroatoms. The third-order valence-electron chi connectivity index (χ3n) is 5.23. The van der Waals surface area contributed by atoms with E-state index in [1.165, 1.54) is 25.3 Å². The molecule has 0 bridgehead atoms. The van der Waals surface area contributed by atoms with Gasteiger partial charge >= 0.3 is 12.1 Å². The largest absolute Gasteiger partial charge is 0.481 e. The lowest BCUT2D eigenvalue weighted by molar-refractivity contribution is -0.143. The molecule has 0 radical (unpaired) electrons. The van der Waals surface area contributed by atoms with Gasteiger partial charge in [-0.15, -0.1) is 0 Å². The molecule has 0 saturated heterocycles. The lowest BCUT2D eigenvalue weighted by Crippen LogP contribution is -2.31. The Kier molecular flexibility index (Phi) is 6.37. The molecule has 0 aliphatic carbocycles. The Hall–Kier alpha value is -4.09. The Balaban J connectivity index is 1.83. The minimum atomic E-state index is -4.66. The van der Waals surface area contributed by atoms with E-state index in [0.717, 1.165) is 23.1 Å². The first-order valence-corrected chi connectivity index (χ1v) is 10.7. The maximum atomic E-state index is 13.8. The van der Waals surface area contributed by atoms with Crippen LogP contribution in [0.5, 0.6) is 17.2 Å². The van der Waals surface area contributed by atoms with E-state index in [2.05, 4.69) is 14.9 Å². The molecule has 2 aromatic carbocycles. The number of esters is 1. The normalized spacial score (nSPS) is 13.4. The molecule has 0 fully saturated rings. The zero-order valence-corrected chi connectivity index (χ0v) is 19.8. The Morgan fingerprint density at radius 1 is 1.11 bits per heavy atom. The van der Waals surface area contributed by atoms with Crippen molar-refractivity contribution in [2.45, 2.75) is 38.9 Å². The van der Waals surface area contributed by atoms with Crippen molar-refractivity contribution in [2.24, 2.45) is 0 Å². The number of hydrogen-bond donors (Lipinski definition) is 0. The number of benzene rings is 2. The standard InChI is InChI=1S/C24H22F3N3O6/c1-23(2,3)22-28-18(29-36-22)11-30-14-10-13(24(25,26)27)8-9-15(14)35-17-7-5-6-16(20(17)21(30)32)34-12-19(31)33-4/h5-10H,11-12H2,1-4H3. The van der Waals surface area contributed by atoms with Crippen LogP contribution in [0.25, 0.3) is 0 Å². The highest BCUT2D eigenvalue weighted by Gasteiger charge is 2.37. The Morgan fingerprint density at radius 2 is 1.86 bits per heavy atom. The number of anilines is 1. The van der Waals surface area contributed by atoms with E-state index >= 15 is 0 Å². The number of halogens is 3. The molecule has 1 aromatic heterocycles. The molecule has 9 nitrogen and oxygen atoms in total. The van der Waals surface area contributed by atoms with Gasteiger partial charge in [-0.25, -0.2) is 4.79 Å². The van der Waals surface area contributed by atoms with Crippen LogP contribution in [-0.2, 0) is 27.7 Å². The smallest absolute Gasteiger partial charge is 0.416 e. The van der Waals surface area contributed by atoms with Crippen LogP contribution in [0.1, 0.15) is 48.4 Å². The molecule has 4 rings (SSSR count). The first kappa shape index (κ1) is 25.0. The summed E-state index contributed by atoms with van der Waals surface area (Å²) in [5.74, 6) is -1.04. The summed E-state index contributed by atoms with van der Waals surface area (Å²) in [6.45, 7) is 4.73. The van der Waals surface area contributed by atoms with Crippen molar-refractivity contribution < 1.29 is 41.5 Å². The summed E-state index contributed by atoms with van der Waals surface area (Å²) >= 11 is 0. The van der Waals surface area contributed by atoms with Crippen LogP contribution in [0.4, 0.5) is 18.9 Å². The van der Waals surface area contributed by atoms with Crippen molar-refractivity contribution in [3.63, 3.8) is 0 Å². The Morgan fingerprint density at radius 3 is 2.50 bits per heavy atom. The van der Waals surface area contributed by atoms with E-state index < -0.39 is 35.6 Å². The van der Waals surface area contributed by atoms with Gasteiger partial charge in [0.2, 0.25) is 5.89 Å². The third kappa shape index (κ3) is 4.97. The molecule has 0 spiro atoms. The third-order valence-corrected chi connectivity index (χ3v) is 5.23. The monoisotopic (exact) mass is 505 g/mol. The van der Waals surface area contributed by atoms with E-state index in [-0.39, 0.29) is 40.9 Å². The van der Waals surface area contributed by atoms with E-state index in [1.807, 2.05) is 20.8 Å². The lowest BCUT2D eigenvalue weighted by atomic mass is 9.97. The summed E-state index contributed by atoms with van der Waals surface area (Å²) in [7, 11) is 1.18. The first-order chi connectivity index (χ1) is 16.9. The van der Waals surface area contributed by atoms with Gasteiger partial charge in [-0.1, -0.05) is 32.0 Å². The van der Waals surface area contributed by atoms with Crippen LogP contribution < -0.4 is 14.4 Å². The number of aromatic nitrogens is 2. The fraction of sp³-hybridized carbons (Fsp3) is 0.333. The number of hydrogen-bond acceptors (Lipinski definition) is 8. The van der Waals surface area contributed by atoms with Crippen LogP contribution >= 0.6 is 0 Å². The molecule has 3 aromatic rings. The zero-order chi connectivity index (χ0) is 26.3. The second kappa shape index (κ2) is 9.17. The van der Waals surface area contributed by atoms with E-state index in [0.29, 0.717) is 5.89 Å².